The van der Waals surface area contributed by atoms with Crippen molar-refractivity contribution in [3.05, 3.63) is 65.7 Å². The van der Waals surface area contributed by atoms with Gasteiger partial charge in [-0.2, -0.15) is 0 Å². The van der Waals surface area contributed by atoms with Crippen LogP contribution in [0.1, 0.15) is 37.0 Å². The normalized spacial score (nSPS) is 11.8. The summed E-state index contributed by atoms with van der Waals surface area (Å²) in [5.74, 6) is -1.05. The number of carbonyl (C=O) groups excluding carboxylic acids is 2. The van der Waals surface area contributed by atoms with E-state index in [1.54, 1.807) is 36.4 Å². The molecule has 0 saturated heterocycles. The molecule has 2 aromatic rings. The van der Waals surface area contributed by atoms with Crippen molar-refractivity contribution in [1.29, 1.82) is 0 Å². The molecule has 0 spiro atoms. The van der Waals surface area contributed by atoms with Gasteiger partial charge in [0.1, 0.15) is 0 Å². The van der Waals surface area contributed by atoms with Crippen LogP contribution >= 0.6 is 0 Å². The van der Waals surface area contributed by atoms with E-state index in [1.807, 2.05) is 32.0 Å². The summed E-state index contributed by atoms with van der Waals surface area (Å²) < 4.78 is 4.89. The molecule has 0 fully saturated rings. The molecular formula is C19H21NO4. The van der Waals surface area contributed by atoms with Crippen molar-refractivity contribution in [1.82, 2.24) is 0 Å². The fourth-order valence-corrected chi connectivity index (χ4v) is 2.29. The van der Waals surface area contributed by atoms with Crippen LogP contribution in [-0.4, -0.2) is 23.6 Å². The van der Waals surface area contributed by atoms with E-state index in [4.69, 9.17) is 4.74 Å². The minimum atomic E-state index is -1.40. The van der Waals surface area contributed by atoms with Gasteiger partial charge < -0.3 is 15.2 Å². The predicted molar refractivity (Wildman–Crippen MR) is 91.5 cm³/mol. The molecule has 0 aliphatic carbocycles. The van der Waals surface area contributed by atoms with Crippen molar-refractivity contribution < 1.29 is 19.4 Å². The Kier molecular flexibility index (Phi) is 6.09. The standard InChI is InChI=1S/C19H21NO4/c1-13(2)15-10-6-7-11-16(15)20-17(21)12-24-19(23)18(22)14-8-4-3-5-9-14/h3-11,13,18,22H,12H2,1-2H3,(H,20,21)/t18-/m0/s1. The van der Waals surface area contributed by atoms with Gasteiger partial charge in [-0.3, -0.25) is 4.79 Å². The molecule has 0 aliphatic rings. The number of aliphatic hydroxyl groups is 1. The Labute approximate surface area is 141 Å². The number of esters is 1. The minimum Gasteiger partial charge on any atom is -0.453 e. The Balaban J connectivity index is 1.91. The van der Waals surface area contributed by atoms with Crippen LogP contribution in [0.4, 0.5) is 5.69 Å². The maximum atomic E-state index is 12.0. The molecule has 1 atom stereocenters. The van der Waals surface area contributed by atoms with E-state index < -0.39 is 24.6 Å². The third-order valence-corrected chi connectivity index (χ3v) is 3.54. The third kappa shape index (κ3) is 4.67. The maximum Gasteiger partial charge on any atom is 0.340 e. The highest BCUT2D eigenvalue weighted by Crippen LogP contribution is 2.23. The van der Waals surface area contributed by atoms with E-state index in [1.165, 1.54) is 0 Å². The summed E-state index contributed by atoms with van der Waals surface area (Å²) in [5.41, 5.74) is 2.12. The lowest BCUT2D eigenvalue weighted by atomic mass is 10.0. The molecule has 0 heterocycles. The van der Waals surface area contributed by atoms with Crippen LogP contribution in [0.15, 0.2) is 54.6 Å². The Morgan fingerprint density at radius 1 is 1.04 bits per heavy atom. The van der Waals surface area contributed by atoms with Gasteiger partial charge in [-0.1, -0.05) is 62.4 Å². The summed E-state index contributed by atoms with van der Waals surface area (Å²) >= 11 is 0. The molecule has 0 aliphatic heterocycles. The number of carbonyl (C=O) groups is 2. The van der Waals surface area contributed by atoms with Crippen molar-refractivity contribution >= 4 is 17.6 Å². The van der Waals surface area contributed by atoms with Crippen molar-refractivity contribution in [2.75, 3.05) is 11.9 Å². The predicted octanol–water partition coefficient (Wildman–Crippen LogP) is 3.03. The number of rotatable bonds is 6. The molecule has 2 aromatic carbocycles. The Morgan fingerprint density at radius 3 is 2.33 bits per heavy atom. The average Bonchev–Trinajstić information content (AvgIpc) is 2.60. The highest BCUT2D eigenvalue weighted by molar-refractivity contribution is 5.93. The molecule has 0 saturated carbocycles. The number of aliphatic hydroxyl groups excluding tert-OH is 1. The van der Waals surface area contributed by atoms with Crippen LogP contribution < -0.4 is 5.32 Å². The molecule has 2 N–H and O–H groups in total. The van der Waals surface area contributed by atoms with Gasteiger partial charge in [-0.25, -0.2) is 4.79 Å². The first-order valence-corrected chi connectivity index (χ1v) is 7.77. The lowest BCUT2D eigenvalue weighted by molar-refractivity contribution is -0.156. The first kappa shape index (κ1) is 17.7. The number of ether oxygens (including phenoxy) is 1. The average molecular weight is 327 g/mol. The summed E-state index contributed by atoms with van der Waals surface area (Å²) in [6.45, 7) is 3.61. The zero-order valence-corrected chi connectivity index (χ0v) is 13.7. The molecule has 126 valence electrons. The Hall–Kier alpha value is -2.66. The van der Waals surface area contributed by atoms with Gasteiger partial charge in [0.25, 0.3) is 5.91 Å². The van der Waals surface area contributed by atoms with Crippen molar-refractivity contribution in [3.8, 4) is 0 Å². The molecule has 1 amide bonds. The molecule has 0 unspecified atom stereocenters. The topological polar surface area (TPSA) is 75.6 Å². The molecular weight excluding hydrogens is 306 g/mol. The summed E-state index contributed by atoms with van der Waals surface area (Å²) in [7, 11) is 0. The number of hydrogen-bond donors (Lipinski definition) is 2. The van der Waals surface area contributed by atoms with E-state index in [9.17, 15) is 14.7 Å². The van der Waals surface area contributed by atoms with Gasteiger partial charge in [0.05, 0.1) is 0 Å². The monoisotopic (exact) mass is 327 g/mol. The van der Waals surface area contributed by atoms with Crippen molar-refractivity contribution in [3.63, 3.8) is 0 Å². The number of hydrogen-bond acceptors (Lipinski definition) is 4. The van der Waals surface area contributed by atoms with Crippen molar-refractivity contribution in [2.24, 2.45) is 0 Å². The molecule has 0 bridgehead atoms. The maximum absolute atomic E-state index is 12.0. The molecule has 24 heavy (non-hydrogen) atoms. The highest BCUT2D eigenvalue weighted by Gasteiger charge is 2.20. The first-order valence-electron chi connectivity index (χ1n) is 7.77. The molecule has 5 nitrogen and oxygen atoms in total. The number of anilines is 1. The number of para-hydroxylation sites is 1. The number of amides is 1. The summed E-state index contributed by atoms with van der Waals surface area (Å²) in [6.07, 6.45) is -1.40. The third-order valence-electron chi connectivity index (χ3n) is 3.54. The zero-order chi connectivity index (χ0) is 17.5. The van der Waals surface area contributed by atoms with E-state index in [-0.39, 0.29) is 5.92 Å². The van der Waals surface area contributed by atoms with Gasteiger partial charge in [-0.15, -0.1) is 0 Å². The van der Waals surface area contributed by atoms with Crippen molar-refractivity contribution in [2.45, 2.75) is 25.9 Å². The SMILES string of the molecule is CC(C)c1ccccc1NC(=O)COC(=O)[C@@H](O)c1ccccc1. The van der Waals surface area contributed by atoms with Gasteiger partial charge in [0.15, 0.2) is 12.7 Å². The van der Waals surface area contributed by atoms with Crippen LogP contribution in [0, 0.1) is 0 Å². The Morgan fingerprint density at radius 2 is 1.67 bits per heavy atom. The lowest BCUT2D eigenvalue weighted by Gasteiger charge is -2.14. The van der Waals surface area contributed by atoms with E-state index in [0.717, 1.165) is 5.56 Å². The van der Waals surface area contributed by atoms with Gasteiger partial charge >= 0.3 is 5.97 Å². The Bertz CT molecular complexity index is 698. The quantitative estimate of drug-likeness (QED) is 0.800. The van der Waals surface area contributed by atoms with Crippen LogP contribution in [0.5, 0.6) is 0 Å². The molecule has 0 aromatic heterocycles. The summed E-state index contributed by atoms with van der Waals surface area (Å²) in [4.78, 5) is 23.8. The molecule has 2 rings (SSSR count). The first-order chi connectivity index (χ1) is 11.5. The smallest absolute Gasteiger partial charge is 0.340 e. The zero-order valence-electron chi connectivity index (χ0n) is 13.7. The van der Waals surface area contributed by atoms with Gasteiger partial charge in [0, 0.05) is 5.69 Å². The van der Waals surface area contributed by atoms with E-state index in [0.29, 0.717) is 11.3 Å². The second-order valence-electron chi connectivity index (χ2n) is 5.71. The number of benzene rings is 2. The highest BCUT2D eigenvalue weighted by atomic mass is 16.5. The van der Waals surface area contributed by atoms with E-state index >= 15 is 0 Å². The molecule has 0 radical (unpaired) electrons. The largest absolute Gasteiger partial charge is 0.453 e. The summed E-state index contributed by atoms with van der Waals surface area (Å²) in [5, 5.41) is 12.6. The van der Waals surface area contributed by atoms with Crippen LogP contribution in [0.3, 0.4) is 0 Å². The van der Waals surface area contributed by atoms with Crippen LogP contribution in [-0.2, 0) is 14.3 Å². The van der Waals surface area contributed by atoms with Gasteiger partial charge in [0.2, 0.25) is 0 Å². The van der Waals surface area contributed by atoms with E-state index in [2.05, 4.69) is 5.32 Å². The van der Waals surface area contributed by atoms with Crippen LogP contribution in [0.2, 0.25) is 0 Å². The van der Waals surface area contributed by atoms with Crippen LogP contribution in [0.25, 0.3) is 0 Å². The number of nitrogens with one attached hydrogen (secondary N) is 1. The summed E-state index contributed by atoms with van der Waals surface area (Å²) in [6, 6.07) is 15.9. The minimum absolute atomic E-state index is 0.254. The fraction of sp³-hybridized carbons (Fsp3) is 0.263. The van der Waals surface area contributed by atoms with Gasteiger partial charge in [-0.05, 0) is 23.1 Å². The molecule has 5 heteroatoms. The lowest BCUT2D eigenvalue weighted by Crippen LogP contribution is -2.24. The second-order valence-corrected chi connectivity index (χ2v) is 5.71. The second kappa shape index (κ2) is 8.26. The fourth-order valence-electron chi connectivity index (χ4n) is 2.29.